The summed E-state index contributed by atoms with van der Waals surface area (Å²) in [4.78, 5) is 2.35. The van der Waals surface area contributed by atoms with E-state index in [1.807, 2.05) is 6.07 Å². The molecule has 112 valence electrons. The first kappa shape index (κ1) is 14.1. The summed E-state index contributed by atoms with van der Waals surface area (Å²) in [6.07, 6.45) is 4.10. The lowest BCUT2D eigenvalue weighted by atomic mass is 9.94. The average molecular weight is 289 g/mol. The maximum absolute atomic E-state index is 13.5. The Morgan fingerprint density at radius 1 is 1.43 bits per heavy atom. The van der Waals surface area contributed by atoms with Crippen LogP contribution in [0.4, 0.5) is 4.39 Å². The Bertz CT molecular complexity index is 585. The number of rotatable bonds is 4. The minimum absolute atomic E-state index is 0.215. The summed E-state index contributed by atoms with van der Waals surface area (Å²) in [5, 5.41) is 7.09. The van der Waals surface area contributed by atoms with Crippen LogP contribution in [0.1, 0.15) is 30.0 Å². The third kappa shape index (κ3) is 3.24. The van der Waals surface area contributed by atoms with Crippen molar-refractivity contribution < 1.29 is 9.13 Å². The Hall–Kier alpha value is -1.88. The second-order valence-electron chi connectivity index (χ2n) is 5.54. The Morgan fingerprint density at radius 2 is 2.33 bits per heavy atom. The SMILES string of the molecule is COc1ccc(F)cc1CN1CCC[C@H](c2ccn[nH]2)C1. The maximum Gasteiger partial charge on any atom is 0.123 e. The van der Waals surface area contributed by atoms with Crippen LogP contribution in [-0.4, -0.2) is 35.3 Å². The molecule has 1 aliphatic rings. The van der Waals surface area contributed by atoms with Gasteiger partial charge in [0.15, 0.2) is 0 Å². The quantitative estimate of drug-likeness (QED) is 0.941. The summed E-state index contributed by atoms with van der Waals surface area (Å²) in [7, 11) is 1.63. The number of benzene rings is 1. The summed E-state index contributed by atoms with van der Waals surface area (Å²) in [6, 6.07) is 6.74. The number of piperidine rings is 1. The molecule has 1 aliphatic heterocycles. The van der Waals surface area contributed by atoms with E-state index < -0.39 is 0 Å². The molecule has 0 unspecified atom stereocenters. The Balaban J connectivity index is 1.71. The van der Waals surface area contributed by atoms with Crippen LogP contribution >= 0.6 is 0 Å². The lowest BCUT2D eigenvalue weighted by Crippen LogP contribution is -2.34. The standard InChI is InChI=1S/C16H20FN3O/c1-21-16-5-4-14(17)9-13(16)11-20-8-2-3-12(10-20)15-6-7-18-19-15/h4-7,9,12H,2-3,8,10-11H2,1H3,(H,18,19)/t12-/m0/s1. The van der Waals surface area contributed by atoms with Crippen LogP contribution in [0.2, 0.25) is 0 Å². The summed E-state index contributed by atoms with van der Waals surface area (Å²) in [5.74, 6) is 1.01. The molecule has 1 aromatic carbocycles. The third-order valence-electron chi connectivity index (χ3n) is 4.10. The maximum atomic E-state index is 13.5. The molecule has 1 saturated heterocycles. The first-order valence-electron chi connectivity index (χ1n) is 7.30. The lowest BCUT2D eigenvalue weighted by molar-refractivity contribution is 0.196. The fraction of sp³-hybridized carbons (Fsp3) is 0.438. The van der Waals surface area contributed by atoms with E-state index in [-0.39, 0.29) is 5.82 Å². The fourth-order valence-corrected chi connectivity index (χ4v) is 3.06. The minimum atomic E-state index is -0.215. The van der Waals surface area contributed by atoms with Gasteiger partial charge in [0.1, 0.15) is 11.6 Å². The Morgan fingerprint density at radius 3 is 3.10 bits per heavy atom. The topological polar surface area (TPSA) is 41.1 Å². The molecule has 2 aromatic rings. The van der Waals surface area contributed by atoms with E-state index in [1.54, 1.807) is 25.4 Å². The van der Waals surface area contributed by atoms with Crippen molar-refractivity contribution >= 4 is 0 Å². The second-order valence-corrected chi connectivity index (χ2v) is 5.54. The van der Waals surface area contributed by atoms with Crippen LogP contribution in [0.3, 0.4) is 0 Å². The van der Waals surface area contributed by atoms with Crippen molar-refractivity contribution in [3.63, 3.8) is 0 Å². The Labute approximate surface area is 123 Å². The highest BCUT2D eigenvalue weighted by atomic mass is 19.1. The van der Waals surface area contributed by atoms with Crippen molar-refractivity contribution in [3.8, 4) is 5.75 Å². The van der Waals surface area contributed by atoms with Gasteiger partial charge in [-0.15, -0.1) is 0 Å². The van der Waals surface area contributed by atoms with Crippen LogP contribution in [0, 0.1) is 5.82 Å². The molecular formula is C16H20FN3O. The van der Waals surface area contributed by atoms with Crippen LogP contribution in [0.5, 0.6) is 5.75 Å². The van der Waals surface area contributed by atoms with E-state index in [9.17, 15) is 4.39 Å². The number of hydrogen-bond donors (Lipinski definition) is 1. The van der Waals surface area contributed by atoms with E-state index >= 15 is 0 Å². The summed E-state index contributed by atoms with van der Waals surface area (Å²) >= 11 is 0. The lowest BCUT2D eigenvalue weighted by Gasteiger charge is -2.32. The molecule has 3 rings (SSSR count). The van der Waals surface area contributed by atoms with Gasteiger partial charge in [0.05, 0.1) is 7.11 Å². The van der Waals surface area contributed by atoms with Gasteiger partial charge in [-0.1, -0.05) is 0 Å². The average Bonchev–Trinajstić information content (AvgIpc) is 3.02. The van der Waals surface area contributed by atoms with E-state index in [4.69, 9.17) is 4.74 Å². The van der Waals surface area contributed by atoms with Gasteiger partial charge in [-0.3, -0.25) is 10.00 Å². The van der Waals surface area contributed by atoms with Crippen LogP contribution in [-0.2, 0) is 6.54 Å². The van der Waals surface area contributed by atoms with Crippen molar-refractivity contribution in [3.05, 3.63) is 47.5 Å². The number of nitrogens with one attached hydrogen (secondary N) is 1. The number of ether oxygens (including phenoxy) is 1. The molecule has 4 nitrogen and oxygen atoms in total. The molecule has 21 heavy (non-hydrogen) atoms. The van der Waals surface area contributed by atoms with E-state index in [2.05, 4.69) is 15.1 Å². The number of likely N-dealkylation sites (tertiary alicyclic amines) is 1. The fourth-order valence-electron chi connectivity index (χ4n) is 3.06. The van der Waals surface area contributed by atoms with Gasteiger partial charge in [-0.2, -0.15) is 5.10 Å². The minimum Gasteiger partial charge on any atom is -0.496 e. The number of nitrogens with zero attached hydrogens (tertiary/aromatic N) is 2. The second kappa shape index (κ2) is 6.26. The first-order chi connectivity index (χ1) is 10.3. The smallest absolute Gasteiger partial charge is 0.123 e. The van der Waals surface area contributed by atoms with Crippen molar-refractivity contribution in [1.29, 1.82) is 0 Å². The summed E-state index contributed by atoms with van der Waals surface area (Å²) in [6.45, 7) is 2.71. The first-order valence-corrected chi connectivity index (χ1v) is 7.30. The molecule has 0 bridgehead atoms. The normalized spacial score (nSPS) is 19.6. The molecule has 1 aromatic heterocycles. The Kier molecular flexibility index (Phi) is 4.20. The molecule has 0 spiro atoms. The zero-order valence-corrected chi connectivity index (χ0v) is 12.2. The molecule has 1 fully saturated rings. The highest BCUT2D eigenvalue weighted by Crippen LogP contribution is 2.28. The number of hydrogen-bond acceptors (Lipinski definition) is 3. The van der Waals surface area contributed by atoms with Crippen LogP contribution in [0.25, 0.3) is 0 Å². The van der Waals surface area contributed by atoms with E-state index in [1.165, 1.54) is 18.2 Å². The van der Waals surface area contributed by atoms with Gasteiger partial charge < -0.3 is 4.74 Å². The van der Waals surface area contributed by atoms with Crippen molar-refractivity contribution in [1.82, 2.24) is 15.1 Å². The molecule has 0 saturated carbocycles. The summed E-state index contributed by atoms with van der Waals surface area (Å²) in [5.41, 5.74) is 2.09. The third-order valence-corrected chi connectivity index (χ3v) is 4.10. The molecular weight excluding hydrogens is 269 g/mol. The molecule has 2 heterocycles. The number of aromatic amines is 1. The van der Waals surface area contributed by atoms with E-state index in [0.717, 1.165) is 30.8 Å². The summed E-state index contributed by atoms with van der Waals surface area (Å²) < 4.78 is 18.8. The number of halogens is 1. The molecule has 0 aliphatic carbocycles. The monoisotopic (exact) mass is 289 g/mol. The van der Waals surface area contributed by atoms with Crippen molar-refractivity contribution in [2.75, 3.05) is 20.2 Å². The largest absolute Gasteiger partial charge is 0.496 e. The van der Waals surface area contributed by atoms with Gasteiger partial charge in [0.25, 0.3) is 0 Å². The predicted octanol–water partition coefficient (Wildman–Crippen LogP) is 2.94. The van der Waals surface area contributed by atoms with Gasteiger partial charge in [-0.05, 0) is 43.7 Å². The highest BCUT2D eigenvalue weighted by Gasteiger charge is 2.23. The molecule has 5 heteroatoms. The number of H-pyrrole nitrogens is 1. The molecule has 0 amide bonds. The van der Waals surface area contributed by atoms with Crippen LogP contribution in [0.15, 0.2) is 30.5 Å². The van der Waals surface area contributed by atoms with Gasteiger partial charge >= 0.3 is 0 Å². The van der Waals surface area contributed by atoms with Gasteiger partial charge in [-0.25, -0.2) is 4.39 Å². The van der Waals surface area contributed by atoms with Gasteiger partial charge in [0, 0.05) is 36.5 Å². The predicted molar refractivity (Wildman–Crippen MR) is 78.8 cm³/mol. The van der Waals surface area contributed by atoms with Gasteiger partial charge in [0.2, 0.25) is 0 Å². The van der Waals surface area contributed by atoms with E-state index in [0.29, 0.717) is 12.5 Å². The number of aromatic nitrogens is 2. The number of methoxy groups -OCH3 is 1. The zero-order chi connectivity index (χ0) is 14.7. The van der Waals surface area contributed by atoms with Crippen LogP contribution < -0.4 is 4.74 Å². The van der Waals surface area contributed by atoms with Crippen molar-refractivity contribution in [2.24, 2.45) is 0 Å². The highest BCUT2D eigenvalue weighted by molar-refractivity contribution is 5.34. The van der Waals surface area contributed by atoms with Crippen molar-refractivity contribution in [2.45, 2.75) is 25.3 Å². The molecule has 0 radical (unpaired) electrons. The zero-order valence-electron chi connectivity index (χ0n) is 12.2. The molecule has 1 atom stereocenters. The molecule has 1 N–H and O–H groups in total.